The van der Waals surface area contributed by atoms with Gasteiger partial charge in [0.15, 0.2) is 11.5 Å². The highest BCUT2D eigenvalue weighted by Gasteiger charge is 2.35. The average Bonchev–Trinajstić information content (AvgIpc) is 3.18. The number of carbonyl (C=O) groups excluding carboxylic acids is 3. The summed E-state index contributed by atoms with van der Waals surface area (Å²) in [5.41, 5.74) is 2.55. The smallest absolute Gasteiger partial charge is 0.343 e. The third kappa shape index (κ3) is 6.44. The monoisotopic (exact) mass is 548 g/mol. The molecule has 200 valence electrons. The van der Waals surface area contributed by atoms with Crippen molar-refractivity contribution < 1.29 is 33.5 Å². The number of benzene rings is 3. The Morgan fingerprint density at radius 1 is 1.00 bits per heavy atom. The average molecular weight is 549 g/mol. The molecule has 10 nitrogen and oxygen atoms in total. The summed E-state index contributed by atoms with van der Waals surface area (Å²) in [6.07, 6.45) is 1.56. The molecule has 2 amide bonds. The van der Waals surface area contributed by atoms with E-state index in [1.54, 1.807) is 18.2 Å². The summed E-state index contributed by atoms with van der Waals surface area (Å²) in [5, 5.41) is 10.4. The largest absolute Gasteiger partial charge is 0.493 e. The maximum absolute atomic E-state index is 12.9. The van der Waals surface area contributed by atoms with Crippen LogP contribution in [0.1, 0.15) is 27.0 Å². The molecule has 0 bridgehead atoms. The number of amides is 2. The van der Waals surface area contributed by atoms with E-state index in [1.165, 1.54) is 37.4 Å². The van der Waals surface area contributed by atoms with Crippen LogP contribution < -0.4 is 14.2 Å². The van der Waals surface area contributed by atoms with Gasteiger partial charge in [0.2, 0.25) is 0 Å². The number of nitro groups is 1. The molecular formula is C28H24N2O8S. The molecule has 0 radical (unpaired) electrons. The first kappa shape index (κ1) is 27.4. The van der Waals surface area contributed by atoms with Crippen LogP contribution in [0.2, 0.25) is 0 Å². The van der Waals surface area contributed by atoms with Crippen molar-refractivity contribution in [1.29, 1.82) is 0 Å². The van der Waals surface area contributed by atoms with Gasteiger partial charge in [-0.05, 0) is 78.7 Å². The first-order valence-corrected chi connectivity index (χ1v) is 12.6. The Labute approximate surface area is 228 Å². The van der Waals surface area contributed by atoms with Gasteiger partial charge in [-0.3, -0.25) is 24.6 Å². The number of carbonyl (C=O) groups is 3. The van der Waals surface area contributed by atoms with Crippen molar-refractivity contribution in [2.75, 3.05) is 20.3 Å². The summed E-state index contributed by atoms with van der Waals surface area (Å²) in [7, 11) is 1.39. The fourth-order valence-electron chi connectivity index (χ4n) is 3.69. The van der Waals surface area contributed by atoms with E-state index in [2.05, 4.69) is 0 Å². The zero-order valence-corrected chi connectivity index (χ0v) is 22.2. The number of nitrogens with zero attached hydrogens (tertiary/aromatic N) is 2. The molecule has 1 saturated heterocycles. The van der Waals surface area contributed by atoms with Crippen LogP contribution in [0.3, 0.4) is 0 Å². The molecule has 39 heavy (non-hydrogen) atoms. The van der Waals surface area contributed by atoms with Crippen molar-refractivity contribution in [3.8, 4) is 17.2 Å². The Morgan fingerprint density at radius 2 is 1.74 bits per heavy atom. The number of aryl methyl sites for hydroxylation is 2. The van der Waals surface area contributed by atoms with Crippen LogP contribution in [0, 0.1) is 24.0 Å². The third-order valence-corrected chi connectivity index (χ3v) is 6.70. The van der Waals surface area contributed by atoms with Gasteiger partial charge < -0.3 is 14.2 Å². The summed E-state index contributed by atoms with van der Waals surface area (Å²) in [6, 6.07) is 15.5. The molecule has 4 rings (SSSR count). The minimum atomic E-state index is -0.722. The molecule has 0 aromatic heterocycles. The Hall–Kier alpha value is -4.64. The van der Waals surface area contributed by atoms with Crippen LogP contribution in [0.5, 0.6) is 17.2 Å². The molecule has 3 aromatic carbocycles. The van der Waals surface area contributed by atoms with Gasteiger partial charge in [-0.2, -0.15) is 0 Å². The fourth-order valence-corrected chi connectivity index (χ4v) is 4.56. The number of nitro benzene ring substituents is 1. The summed E-state index contributed by atoms with van der Waals surface area (Å²) in [4.78, 5) is 49.5. The van der Waals surface area contributed by atoms with E-state index in [0.29, 0.717) is 11.3 Å². The number of imide groups is 1. The summed E-state index contributed by atoms with van der Waals surface area (Å²) in [5.74, 6) is -0.101. The van der Waals surface area contributed by atoms with Gasteiger partial charge in [-0.25, -0.2) is 4.79 Å². The van der Waals surface area contributed by atoms with Crippen molar-refractivity contribution in [1.82, 2.24) is 4.90 Å². The van der Waals surface area contributed by atoms with Crippen LogP contribution in [-0.4, -0.2) is 47.2 Å². The van der Waals surface area contributed by atoms with Crippen molar-refractivity contribution in [3.05, 3.63) is 97.9 Å². The molecule has 11 heteroatoms. The Kier molecular flexibility index (Phi) is 8.30. The Balaban J connectivity index is 1.42. The van der Waals surface area contributed by atoms with Gasteiger partial charge in [0.05, 0.1) is 29.0 Å². The highest BCUT2D eigenvalue weighted by atomic mass is 32.2. The van der Waals surface area contributed by atoms with Crippen molar-refractivity contribution in [2.24, 2.45) is 0 Å². The minimum Gasteiger partial charge on any atom is -0.493 e. The fraction of sp³-hybridized carbons (Fsp3) is 0.179. The third-order valence-electron chi connectivity index (χ3n) is 5.79. The predicted molar refractivity (Wildman–Crippen MR) is 145 cm³/mol. The van der Waals surface area contributed by atoms with Gasteiger partial charge in [0.25, 0.3) is 16.8 Å². The molecule has 1 heterocycles. The van der Waals surface area contributed by atoms with Crippen LogP contribution in [-0.2, 0) is 4.79 Å². The van der Waals surface area contributed by atoms with E-state index in [0.717, 1.165) is 27.8 Å². The Bertz CT molecular complexity index is 1480. The molecule has 1 aliphatic heterocycles. The molecule has 0 unspecified atom stereocenters. The van der Waals surface area contributed by atoms with Crippen LogP contribution in [0.15, 0.2) is 65.6 Å². The second-order valence-electron chi connectivity index (χ2n) is 8.55. The molecule has 1 fully saturated rings. The number of hydrogen-bond acceptors (Lipinski definition) is 9. The molecule has 1 aliphatic rings. The molecule has 3 aromatic rings. The lowest BCUT2D eigenvalue weighted by atomic mass is 10.1. The van der Waals surface area contributed by atoms with E-state index < -0.39 is 22.0 Å². The number of ether oxygens (including phenoxy) is 3. The molecule has 0 saturated carbocycles. The van der Waals surface area contributed by atoms with Gasteiger partial charge in [0.1, 0.15) is 12.4 Å². The summed E-state index contributed by atoms with van der Waals surface area (Å²) in [6.45, 7) is 4.15. The lowest BCUT2D eigenvalue weighted by Crippen LogP contribution is -2.32. The number of esters is 1. The lowest BCUT2D eigenvalue weighted by Gasteiger charge is -2.14. The second-order valence-corrected chi connectivity index (χ2v) is 9.55. The first-order chi connectivity index (χ1) is 18.7. The number of rotatable bonds is 9. The van der Waals surface area contributed by atoms with Gasteiger partial charge in [-0.1, -0.05) is 18.2 Å². The Morgan fingerprint density at radius 3 is 2.44 bits per heavy atom. The maximum atomic E-state index is 12.9. The van der Waals surface area contributed by atoms with Crippen LogP contribution >= 0.6 is 11.8 Å². The van der Waals surface area contributed by atoms with E-state index in [1.807, 2.05) is 32.0 Å². The van der Waals surface area contributed by atoms with Crippen LogP contribution in [0.4, 0.5) is 10.5 Å². The SMILES string of the molecule is COc1cc(/C=C2\SC(=O)N(CCOc3cc(C)ccc3C)C2=O)ccc1OC(=O)c1ccc([N+](=O)[O-])cc1. The number of thioether (sulfide) groups is 1. The zero-order valence-electron chi connectivity index (χ0n) is 21.3. The second kappa shape index (κ2) is 11.8. The summed E-state index contributed by atoms with van der Waals surface area (Å²) >= 11 is 0.826. The molecule has 0 N–H and O–H groups in total. The van der Waals surface area contributed by atoms with E-state index in [4.69, 9.17) is 14.2 Å². The normalized spacial score (nSPS) is 14.0. The predicted octanol–water partition coefficient (Wildman–Crippen LogP) is 5.55. The number of hydrogen-bond donors (Lipinski definition) is 0. The van der Waals surface area contributed by atoms with Gasteiger partial charge >= 0.3 is 5.97 Å². The van der Waals surface area contributed by atoms with E-state index >= 15 is 0 Å². The molecule has 0 aliphatic carbocycles. The van der Waals surface area contributed by atoms with Gasteiger partial charge in [0, 0.05) is 12.1 Å². The number of methoxy groups -OCH3 is 1. The number of non-ortho nitro benzene ring substituents is 1. The minimum absolute atomic E-state index is 0.107. The van der Waals surface area contributed by atoms with Crippen molar-refractivity contribution in [3.63, 3.8) is 0 Å². The first-order valence-electron chi connectivity index (χ1n) is 11.8. The summed E-state index contributed by atoms with van der Waals surface area (Å²) < 4.78 is 16.5. The van der Waals surface area contributed by atoms with E-state index in [-0.39, 0.29) is 40.8 Å². The molecule has 0 atom stereocenters. The van der Waals surface area contributed by atoms with E-state index in [9.17, 15) is 24.5 Å². The standard InChI is InChI=1S/C28H24N2O8S/c1-17-4-5-18(2)23(14-17)37-13-12-29-26(31)25(39-28(29)33)16-19-6-11-22(24(15-19)36-3)38-27(32)20-7-9-21(10-8-20)30(34)35/h4-11,14-16H,12-13H2,1-3H3/b25-16-. The van der Waals surface area contributed by atoms with Gasteiger partial charge in [-0.15, -0.1) is 0 Å². The zero-order chi connectivity index (χ0) is 28.1. The maximum Gasteiger partial charge on any atom is 0.343 e. The molecular weight excluding hydrogens is 524 g/mol. The van der Waals surface area contributed by atoms with Crippen molar-refractivity contribution >= 4 is 40.6 Å². The molecule has 0 spiro atoms. The topological polar surface area (TPSA) is 125 Å². The van der Waals surface area contributed by atoms with Crippen LogP contribution in [0.25, 0.3) is 6.08 Å². The lowest BCUT2D eigenvalue weighted by molar-refractivity contribution is -0.384. The highest BCUT2D eigenvalue weighted by molar-refractivity contribution is 8.18. The quantitative estimate of drug-likeness (QED) is 0.111. The highest BCUT2D eigenvalue weighted by Crippen LogP contribution is 2.35. The van der Waals surface area contributed by atoms with Crippen molar-refractivity contribution in [2.45, 2.75) is 13.8 Å².